The molecule has 0 N–H and O–H groups in total. The van der Waals surface area contributed by atoms with E-state index >= 15 is 0 Å². The van der Waals surface area contributed by atoms with Gasteiger partial charge in [-0.05, 0) is 36.4 Å². The van der Waals surface area contributed by atoms with Crippen molar-refractivity contribution < 1.29 is 4.74 Å². The minimum atomic E-state index is 0.413. The Balaban J connectivity index is 1.99. The molecule has 5 rings (SSSR count). The average molecular weight is 391 g/mol. The van der Waals surface area contributed by atoms with E-state index in [1.807, 2.05) is 34.7 Å². The monoisotopic (exact) mass is 391 g/mol. The van der Waals surface area contributed by atoms with E-state index in [4.69, 9.17) is 9.72 Å². The van der Waals surface area contributed by atoms with Gasteiger partial charge in [-0.25, -0.2) is 19.9 Å². The molecular formula is C19H13N5OS2. The second kappa shape index (κ2) is 6.11. The van der Waals surface area contributed by atoms with Gasteiger partial charge in [0.2, 0.25) is 0 Å². The number of ether oxygens (including phenoxy) is 1. The van der Waals surface area contributed by atoms with Crippen molar-refractivity contribution in [1.29, 1.82) is 0 Å². The molecule has 0 spiro atoms. The van der Waals surface area contributed by atoms with Crippen LogP contribution in [0.3, 0.4) is 0 Å². The minimum Gasteiger partial charge on any atom is -0.497 e. The van der Waals surface area contributed by atoms with E-state index in [2.05, 4.69) is 46.3 Å². The normalized spacial score (nSPS) is 11.5. The first-order chi connectivity index (χ1) is 13.2. The van der Waals surface area contributed by atoms with Crippen molar-refractivity contribution in [3.05, 3.63) is 48.8 Å². The van der Waals surface area contributed by atoms with Crippen molar-refractivity contribution >= 4 is 52.7 Å². The maximum absolute atomic E-state index is 5.36. The largest absolute Gasteiger partial charge is 0.497 e. The molecule has 8 heteroatoms. The highest BCUT2D eigenvalue weighted by molar-refractivity contribution is 7.80. The number of nitrogens with zero attached hydrogens (tertiary/aromatic N) is 5. The van der Waals surface area contributed by atoms with E-state index in [1.165, 1.54) is 0 Å². The van der Waals surface area contributed by atoms with Crippen LogP contribution in [-0.4, -0.2) is 31.4 Å². The fraction of sp³-hybridized carbons (Fsp3) is 0.0526. The first-order valence-electron chi connectivity index (χ1n) is 8.15. The summed E-state index contributed by atoms with van der Waals surface area (Å²) < 4.78 is 7.29. The summed E-state index contributed by atoms with van der Waals surface area (Å²) in [6, 6.07) is 11.7. The van der Waals surface area contributed by atoms with E-state index in [0.717, 1.165) is 44.5 Å². The molecule has 4 aromatic heterocycles. The molecule has 0 saturated carbocycles. The number of hydrogen-bond donors (Lipinski definition) is 2. The predicted molar refractivity (Wildman–Crippen MR) is 110 cm³/mol. The van der Waals surface area contributed by atoms with Gasteiger partial charge in [-0.3, -0.25) is 4.40 Å². The maximum atomic E-state index is 5.36. The molecule has 0 aliphatic carbocycles. The fourth-order valence-corrected chi connectivity index (χ4v) is 3.78. The van der Waals surface area contributed by atoms with Gasteiger partial charge in [-0.15, -0.1) is 25.3 Å². The van der Waals surface area contributed by atoms with E-state index in [9.17, 15) is 0 Å². The molecule has 4 heterocycles. The van der Waals surface area contributed by atoms with Crippen LogP contribution in [0.25, 0.3) is 38.7 Å². The van der Waals surface area contributed by atoms with E-state index in [0.29, 0.717) is 10.3 Å². The van der Waals surface area contributed by atoms with Crippen LogP contribution in [0, 0.1) is 0 Å². The molecule has 0 amide bonds. The number of pyridine rings is 1. The Morgan fingerprint density at radius 3 is 2.63 bits per heavy atom. The molecule has 0 aliphatic rings. The van der Waals surface area contributed by atoms with Gasteiger partial charge in [0.05, 0.1) is 23.8 Å². The maximum Gasteiger partial charge on any atom is 0.184 e. The molecule has 0 bridgehead atoms. The quantitative estimate of drug-likeness (QED) is 0.351. The van der Waals surface area contributed by atoms with Gasteiger partial charge in [0.1, 0.15) is 11.4 Å². The van der Waals surface area contributed by atoms with Crippen LogP contribution in [0.2, 0.25) is 0 Å². The summed E-state index contributed by atoms with van der Waals surface area (Å²) in [7, 11) is 1.65. The molecule has 5 aromatic rings. The van der Waals surface area contributed by atoms with Crippen molar-refractivity contribution in [2.45, 2.75) is 10.3 Å². The second-order valence-electron chi connectivity index (χ2n) is 6.00. The van der Waals surface area contributed by atoms with Gasteiger partial charge in [0.15, 0.2) is 10.3 Å². The lowest BCUT2D eigenvalue weighted by Gasteiger charge is -2.04. The molecule has 0 radical (unpaired) electrons. The molecule has 1 aromatic carbocycles. The van der Waals surface area contributed by atoms with E-state index in [-0.39, 0.29) is 0 Å². The lowest BCUT2D eigenvalue weighted by atomic mass is 10.1. The summed E-state index contributed by atoms with van der Waals surface area (Å²) >= 11 is 8.83. The van der Waals surface area contributed by atoms with Gasteiger partial charge >= 0.3 is 0 Å². The molecule has 6 nitrogen and oxygen atoms in total. The third-order valence-electron chi connectivity index (χ3n) is 4.50. The number of benzene rings is 1. The van der Waals surface area contributed by atoms with Crippen LogP contribution in [0.4, 0.5) is 0 Å². The van der Waals surface area contributed by atoms with Crippen LogP contribution >= 0.6 is 25.3 Å². The summed E-state index contributed by atoms with van der Waals surface area (Å²) in [4.78, 5) is 17.8. The standard InChI is InChI=1S/C19H13N5OS2/c1-25-11-2-3-13-10(8-11)9-12-16(14-4-6-20-18(26)23-14)15-5-7-21-19(27)24(15)17(12)22-13/h2-9H,1H3,(H,21,27)(H,20,23,26). The Labute approximate surface area is 165 Å². The SMILES string of the molecule is COc1ccc2nc3c(cc2c1)c(-c1ccnc(S)n1)c1ccnc(S)n13. The van der Waals surface area contributed by atoms with Gasteiger partial charge in [0.25, 0.3) is 0 Å². The number of thiol groups is 2. The van der Waals surface area contributed by atoms with Crippen LogP contribution in [-0.2, 0) is 0 Å². The molecular weight excluding hydrogens is 378 g/mol. The lowest BCUT2D eigenvalue weighted by Crippen LogP contribution is -1.93. The van der Waals surface area contributed by atoms with Crippen molar-refractivity contribution in [3.8, 4) is 17.0 Å². The highest BCUT2D eigenvalue weighted by Crippen LogP contribution is 2.36. The smallest absolute Gasteiger partial charge is 0.184 e. The summed E-state index contributed by atoms with van der Waals surface area (Å²) in [5.74, 6) is 0.783. The third kappa shape index (κ3) is 2.52. The highest BCUT2D eigenvalue weighted by atomic mass is 32.1. The molecule has 0 fully saturated rings. The zero-order valence-corrected chi connectivity index (χ0v) is 15.9. The zero-order valence-electron chi connectivity index (χ0n) is 14.2. The summed E-state index contributed by atoms with van der Waals surface area (Å²) in [5.41, 5.74) is 4.27. The van der Waals surface area contributed by atoms with Gasteiger partial charge in [-0.1, -0.05) is 0 Å². The Kier molecular flexibility index (Phi) is 3.70. The molecule has 27 heavy (non-hydrogen) atoms. The Morgan fingerprint density at radius 1 is 0.963 bits per heavy atom. The van der Waals surface area contributed by atoms with Crippen molar-refractivity contribution in [3.63, 3.8) is 0 Å². The lowest BCUT2D eigenvalue weighted by molar-refractivity contribution is 0.415. The van der Waals surface area contributed by atoms with Crippen molar-refractivity contribution in [2.24, 2.45) is 0 Å². The van der Waals surface area contributed by atoms with Crippen LogP contribution in [0.5, 0.6) is 5.75 Å². The number of hydrogen-bond acceptors (Lipinski definition) is 7. The molecule has 0 saturated heterocycles. The fourth-order valence-electron chi connectivity index (χ4n) is 3.34. The second-order valence-corrected chi connectivity index (χ2v) is 6.80. The van der Waals surface area contributed by atoms with Gasteiger partial charge in [-0.2, -0.15) is 0 Å². The molecule has 0 aliphatic heterocycles. The number of methoxy groups -OCH3 is 1. The van der Waals surface area contributed by atoms with E-state index in [1.54, 1.807) is 19.5 Å². The first-order valence-corrected chi connectivity index (χ1v) is 9.04. The highest BCUT2D eigenvalue weighted by Gasteiger charge is 2.18. The summed E-state index contributed by atoms with van der Waals surface area (Å²) in [6.07, 6.45) is 3.42. The Hall–Kier alpha value is -2.84. The van der Waals surface area contributed by atoms with Gasteiger partial charge < -0.3 is 4.74 Å². The van der Waals surface area contributed by atoms with Crippen LogP contribution < -0.4 is 4.74 Å². The number of fused-ring (bicyclic) bond motifs is 4. The Bertz CT molecular complexity index is 1350. The van der Waals surface area contributed by atoms with Crippen LogP contribution in [0.1, 0.15) is 0 Å². The predicted octanol–water partition coefficient (Wildman–Crippen LogP) is 4.08. The average Bonchev–Trinajstić information content (AvgIpc) is 3.00. The third-order valence-corrected chi connectivity index (χ3v) is 5.03. The first kappa shape index (κ1) is 16.3. The Morgan fingerprint density at radius 2 is 1.81 bits per heavy atom. The summed E-state index contributed by atoms with van der Waals surface area (Å²) in [6.45, 7) is 0. The van der Waals surface area contributed by atoms with Crippen molar-refractivity contribution in [2.75, 3.05) is 7.11 Å². The van der Waals surface area contributed by atoms with Gasteiger partial charge in [0, 0.05) is 28.7 Å². The zero-order chi connectivity index (χ0) is 18.5. The number of rotatable bonds is 2. The van der Waals surface area contributed by atoms with E-state index < -0.39 is 0 Å². The van der Waals surface area contributed by atoms with Crippen molar-refractivity contribution in [1.82, 2.24) is 24.3 Å². The molecule has 0 unspecified atom stereocenters. The molecule has 132 valence electrons. The minimum absolute atomic E-state index is 0.413. The van der Waals surface area contributed by atoms with Crippen LogP contribution in [0.15, 0.2) is 59.1 Å². The molecule has 0 atom stereocenters. The topological polar surface area (TPSA) is 65.2 Å². The summed E-state index contributed by atoms with van der Waals surface area (Å²) in [5, 5.41) is 2.90. The number of aromatic nitrogens is 5.